The van der Waals surface area contributed by atoms with E-state index in [-0.39, 0.29) is 20.5 Å². The van der Waals surface area contributed by atoms with Gasteiger partial charge in [0, 0.05) is 8.80 Å². The van der Waals surface area contributed by atoms with Crippen LogP contribution in [0.15, 0.2) is 12.1 Å². The van der Waals surface area contributed by atoms with Gasteiger partial charge in [-0.05, 0) is 62.0 Å². The Balaban J connectivity index is 1.34. The molecule has 1 aliphatic carbocycles. The summed E-state index contributed by atoms with van der Waals surface area (Å²) in [6.45, 7) is 4.48. The molecule has 0 amide bonds. The van der Waals surface area contributed by atoms with Crippen LogP contribution in [0, 0.1) is 23.5 Å². The maximum absolute atomic E-state index is 14.5. The van der Waals surface area contributed by atoms with Gasteiger partial charge < -0.3 is 4.74 Å². The lowest BCUT2D eigenvalue weighted by atomic mass is 9.76. The lowest BCUT2D eigenvalue weighted by molar-refractivity contribution is 0.288. The van der Waals surface area contributed by atoms with Crippen molar-refractivity contribution in [2.45, 2.75) is 109 Å². The van der Waals surface area contributed by atoms with E-state index in [9.17, 15) is 8.78 Å². The average Bonchev–Trinajstić information content (AvgIpc) is 2.77. The second-order valence-electron chi connectivity index (χ2n) is 9.89. The van der Waals surface area contributed by atoms with E-state index >= 15 is 0 Å². The highest BCUT2D eigenvalue weighted by Crippen LogP contribution is 2.40. The van der Waals surface area contributed by atoms with Crippen molar-refractivity contribution in [3.8, 4) is 5.75 Å². The van der Waals surface area contributed by atoms with E-state index in [0.29, 0.717) is 12.2 Å². The predicted molar refractivity (Wildman–Crippen MR) is 125 cm³/mol. The predicted octanol–water partition coefficient (Wildman–Crippen LogP) is 8.24. The zero-order chi connectivity index (χ0) is 21.3. The molecule has 2 aliphatic rings. The summed E-state index contributed by atoms with van der Waals surface area (Å²) >= 11 is 0. The number of benzene rings is 1. The third kappa shape index (κ3) is 6.55. The van der Waals surface area contributed by atoms with Crippen LogP contribution in [0.5, 0.6) is 5.75 Å². The molecular formula is C26H42F2OSi. The average molecular weight is 437 g/mol. The highest BCUT2D eigenvalue weighted by Gasteiger charge is 2.27. The van der Waals surface area contributed by atoms with Crippen LogP contribution in [0.4, 0.5) is 8.78 Å². The summed E-state index contributed by atoms with van der Waals surface area (Å²) in [6.07, 6.45) is 14.3. The smallest absolute Gasteiger partial charge is 0.200 e. The van der Waals surface area contributed by atoms with Gasteiger partial charge in [0.15, 0.2) is 11.6 Å². The molecule has 1 aliphatic heterocycles. The largest absolute Gasteiger partial charge is 0.491 e. The molecule has 4 heteroatoms. The van der Waals surface area contributed by atoms with Gasteiger partial charge in [-0.15, -0.1) is 0 Å². The molecule has 0 unspecified atom stereocenters. The fraction of sp³-hybridized carbons (Fsp3) is 0.769. The van der Waals surface area contributed by atoms with Gasteiger partial charge in [0.25, 0.3) is 0 Å². The van der Waals surface area contributed by atoms with Gasteiger partial charge in [-0.2, -0.15) is 4.39 Å². The maximum atomic E-state index is 14.5. The van der Waals surface area contributed by atoms with E-state index in [0.717, 1.165) is 37.5 Å². The lowest BCUT2D eigenvalue weighted by Crippen LogP contribution is -2.21. The van der Waals surface area contributed by atoms with Crippen LogP contribution in [-0.4, -0.2) is 15.4 Å². The molecule has 1 aromatic carbocycles. The highest BCUT2D eigenvalue weighted by molar-refractivity contribution is 6.58. The van der Waals surface area contributed by atoms with Gasteiger partial charge in [-0.3, -0.25) is 0 Å². The summed E-state index contributed by atoms with van der Waals surface area (Å²) in [7, 11) is -0.332. The normalized spacial score (nSPS) is 27.2. The molecule has 3 rings (SSSR count). The van der Waals surface area contributed by atoms with Crippen molar-refractivity contribution in [2.75, 3.05) is 6.61 Å². The number of unbranched alkanes of at least 4 members (excludes halogenated alkanes) is 1. The molecule has 0 atom stereocenters. The topological polar surface area (TPSA) is 9.23 Å². The van der Waals surface area contributed by atoms with Crippen molar-refractivity contribution in [3.05, 3.63) is 29.3 Å². The molecule has 30 heavy (non-hydrogen) atoms. The number of halogens is 2. The van der Waals surface area contributed by atoms with Crippen molar-refractivity contribution in [1.82, 2.24) is 0 Å². The van der Waals surface area contributed by atoms with Crippen molar-refractivity contribution in [3.63, 3.8) is 0 Å². The van der Waals surface area contributed by atoms with E-state index in [1.807, 2.05) is 0 Å². The third-order valence-corrected chi connectivity index (χ3v) is 11.5. The molecular weight excluding hydrogens is 394 g/mol. The zero-order valence-electron chi connectivity index (χ0n) is 19.2. The number of hydrogen-bond acceptors (Lipinski definition) is 1. The summed E-state index contributed by atoms with van der Waals surface area (Å²) in [5.41, 5.74) is 0.552. The summed E-state index contributed by atoms with van der Waals surface area (Å²) in [4.78, 5) is 0. The Hall–Kier alpha value is -0.903. The minimum Gasteiger partial charge on any atom is -0.491 e. The summed E-state index contributed by atoms with van der Waals surface area (Å²) < 4.78 is 33.9. The van der Waals surface area contributed by atoms with Crippen LogP contribution >= 0.6 is 0 Å². The Bertz CT molecular complexity index is 634. The molecule has 1 aromatic rings. The molecule has 1 saturated carbocycles. The Kier molecular flexibility index (Phi) is 9.67. The van der Waals surface area contributed by atoms with Crippen molar-refractivity contribution in [2.24, 2.45) is 11.8 Å². The number of rotatable bonds is 10. The molecule has 1 saturated heterocycles. The van der Waals surface area contributed by atoms with Crippen LogP contribution in [0.25, 0.3) is 0 Å². The summed E-state index contributed by atoms with van der Waals surface area (Å²) in [5, 5.41) is 0. The van der Waals surface area contributed by atoms with Crippen LogP contribution in [-0.2, 0) is 0 Å². The quantitative estimate of drug-likeness (QED) is 0.265. The molecule has 0 bridgehead atoms. The van der Waals surface area contributed by atoms with Gasteiger partial charge in [0.2, 0.25) is 5.82 Å². The molecule has 2 fully saturated rings. The number of hydrogen-bond donors (Lipinski definition) is 0. The molecule has 1 heterocycles. The third-order valence-electron chi connectivity index (χ3n) is 7.80. The van der Waals surface area contributed by atoms with Crippen molar-refractivity contribution >= 4 is 8.80 Å². The van der Waals surface area contributed by atoms with E-state index in [1.54, 1.807) is 37.2 Å². The molecule has 0 N–H and O–H groups in total. The minimum atomic E-state index is -0.817. The molecule has 0 radical (unpaired) electrons. The van der Waals surface area contributed by atoms with Crippen LogP contribution in [0.3, 0.4) is 0 Å². The first-order valence-electron chi connectivity index (χ1n) is 12.7. The van der Waals surface area contributed by atoms with Crippen molar-refractivity contribution in [1.29, 1.82) is 0 Å². The first kappa shape index (κ1) is 23.8. The van der Waals surface area contributed by atoms with E-state index in [1.165, 1.54) is 44.9 Å². The van der Waals surface area contributed by atoms with Gasteiger partial charge in [0.05, 0.1) is 6.61 Å². The molecule has 1 nitrogen and oxygen atoms in total. The van der Waals surface area contributed by atoms with E-state index in [2.05, 4.69) is 6.92 Å². The fourth-order valence-electron chi connectivity index (χ4n) is 5.97. The summed E-state index contributed by atoms with van der Waals surface area (Å²) in [5.74, 6) is 0.481. The lowest BCUT2D eigenvalue weighted by Gasteiger charge is -2.30. The van der Waals surface area contributed by atoms with Gasteiger partial charge >= 0.3 is 0 Å². The Morgan fingerprint density at radius 1 is 0.867 bits per heavy atom. The monoisotopic (exact) mass is 436 g/mol. The van der Waals surface area contributed by atoms with Crippen LogP contribution in [0.2, 0.25) is 18.1 Å². The Labute approximate surface area is 184 Å². The molecule has 0 aromatic heterocycles. The van der Waals surface area contributed by atoms with E-state index in [4.69, 9.17) is 4.74 Å². The standard InChI is InChI=1S/C26H42F2OSi/c1-3-17-30-18-15-21(16-19-30)8-6-5-7-20-9-11-22(12-10-20)23-13-14-24(29-4-2)26(28)25(23)27/h13-14,20-22,30H,3-12,15-19H2,1-2H3/t20-,21?,22-,30?. The second kappa shape index (κ2) is 12.2. The zero-order valence-corrected chi connectivity index (χ0v) is 20.4. The molecule has 0 spiro atoms. The summed E-state index contributed by atoms with van der Waals surface area (Å²) in [6, 6.07) is 8.12. The highest BCUT2D eigenvalue weighted by atomic mass is 28.3. The first-order chi connectivity index (χ1) is 14.6. The fourth-order valence-corrected chi connectivity index (χ4v) is 9.54. The number of ether oxygens (including phenoxy) is 1. The van der Waals surface area contributed by atoms with Gasteiger partial charge in [-0.25, -0.2) is 4.39 Å². The SMILES string of the molecule is CCC[SiH]1CCC(CCCC[C@H]2CC[C@H](c3ccc(OCC)c(F)c3F)CC2)CC1. The van der Waals surface area contributed by atoms with Crippen LogP contribution < -0.4 is 4.74 Å². The van der Waals surface area contributed by atoms with Crippen LogP contribution in [0.1, 0.15) is 96.0 Å². The van der Waals surface area contributed by atoms with E-state index < -0.39 is 11.6 Å². The maximum Gasteiger partial charge on any atom is 0.200 e. The van der Waals surface area contributed by atoms with Gasteiger partial charge in [0.1, 0.15) is 0 Å². The first-order valence-corrected chi connectivity index (χ1v) is 15.2. The van der Waals surface area contributed by atoms with Gasteiger partial charge in [-0.1, -0.05) is 76.1 Å². The van der Waals surface area contributed by atoms with Crippen molar-refractivity contribution < 1.29 is 13.5 Å². The molecule has 170 valence electrons. The Morgan fingerprint density at radius 3 is 2.10 bits per heavy atom. The minimum absolute atomic E-state index is 0.0358. The Morgan fingerprint density at radius 2 is 1.50 bits per heavy atom. The second-order valence-corrected chi connectivity index (χ2v) is 13.4.